The highest BCUT2D eigenvalue weighted by Crippen LogP contribution is 2.42. The van der Waals surface area contributed by atoms with Gasteiger partial charge in [-0.2, -0.15) is 0 Å². The van der Waals surface area contributed by atoms with Gasteiger partial charge in [-0.3, -0.25) is 0 Å². The fourth-order valence-corrected chi connectivity index (χ4v) is 9.44. The zero-order chi connectivity index (χ0) is 42.4. The van der Waals surface area contributed by atoms with Crippen molar-refractivity contribution in [3.8, 4) is 73.2 Å². The molecule has 0 unspecified atom stereocenters. The van der Waals surface area contributed by atoms with E-state index in [-0.39, 0.29) is 0 Å². The van der Waals surface area contributed by atoms with E-state index in [0.717, 1.165) is 84.1 Å². The smallest absolute Gasteiger partial charge is 0.165 e. The van der Waals surface area contributed by atoms with Gasteiger partial charge < -0.3 is 4.57 Å². The van der Waals surface area contributed by atoms with Gasteiger partial charge >= 0.3 is 0 Å². The van der Waals surface area contributed by atoms with Crippen molar-refractivity contribution in [2.75, 3.05) is 0 Å². The number of fused-ring (bicyclic) bond motifs is 5. The summed E-state index contributed by atoms with van der Waals surface area (Å²) in [6.07, 6.45) is 9.72. The summed E-state index contributed by atoms with van der Waals surface area (Å²) in [6.45, 7) is 0. The lowest BCUT2D eigenvalue weighted by molar-refractivity contribution is 1.08. The Bertz CT molecular complexity index is 3600. The van der Waals surface area contributed by atoms with Crippen molar-refractivity contribution in [1.29, 1.82) is 0 Å². The predicted molar refractivity (Wildman–Crippen MR) is 267 cm³/mol. The van der Waals surface area contributed by atoms with E-state index in [1.54, 1.807) is 0 Å². The Hall–Kier alpha value is -8.47. The van der Waals surface area contributed by atoms with Gasteiger partial charge in [0.15, 0.2) is 17.5 Å². The normalized spacial score (nSPS) is 12.2. The molecule has 0 fully saturated rings. The molecule has 0 saturated heterocycles. The molecule has 12 rings (SSSR count). The van der Waals surface area contributed by atoms with Gasteiger partial charge in [0.1, 0.15) is 0 Å². The molecular weight excluding hydrogens is 777 g/mol. The minimum absolute atomic E-state index is 0.623. The van der Waals surface area contributed by atoms with Crippen molar-refractivity contribution in [2.24, 2.45) is 0 Å². The molecule has 0 bridgehead atoms. The fourth-order valence-electron chi connectivity index (χ4n) is 9.44. The van der Waals surface area contributed by atoms with E-state index in [9.17, 15) is 0 Å². The largest absolute Gasteiger partial charge is 0.309 e. The molecule has 9 aromatic carbocycles. The summed E-state index contributed by atoms with van der Waals surface area (Å²) in [5.41, 5.74) is 15.4. The zero-order valence-electron chi connectivity index (χ0n) is 34.9. The van der Waals surface area contributed by atoms with Crippen molar-refractivity contribution in [1.82, 2.24) is 19.5 Å². The maximum Gasteiger partial charge on any atom is 0.165 e. The van der Waals surface area contributed by atoms with E-state index < -0.39 is 0 Å². The van der Waals surface area contributed by atoms with Crippen LogP contribution < -0.4 is 0 Å². The van der Waals surface area contributed by atoms with Crippen LogP contribution in [0.15, 0.2) is 218 Å². The number of nitrogens with zero attached hydrogens (tertiary/aromatic N) is 4. The molecule has 0 radical (unpaired) electrons. The lowest BCUT2D eigenvalue weighted by atomic mass is 9.91. The van der Waals surface area contributed by atoms with Crippen LogP contribution in [0.3, 0.4) is 0 Å². The van der Waals surface area contributed by atoms with Crippen molar-refractivity contribution in [3.05, 3.63) is 230 Å². The summed E-state index contributed by atoms with van der Waals surface area (Å²) in [4.78, 5) is 16.2. The highest BCUT2D eigenvalue weighted by atomic mass is 15.0. The number of hydrogen-bond acceptors (Lipinski definition) is 3. The van der Waals surface area contributed by atoms with Crippen LogP contribution in [-0.4, -0.2) is 19.5 Å². The minimum Gasteiger partial charge on any atom is -0.309 e. The number of benzene rings is 9. The Morgan fingerprint density at radius 1 is 0.344 bits per heavy atom. The topological polar surface area (TPSA) is 43.6 Å². The average molecular weight is 817 g/mol. The van der Waals surface area contributed by atoms with E-state index in [1.807, 2.05) is 6.07 Å². The van der Waals surface area contributed by atoms with Crippen LogP contribution >= 0.6 is 0 Å². The summed E-state index contributed by atoms with van der Waals surface area (Å²) in [7, 11) is 0. The first-order valence-corrected chi connectivity index (χ1v) is 21.8. The molecule has 0 amide bonds. The third kappa shape index (κ3) is 6.52. The van der Waals surface area contributed by atoms with Crippen molar-refractivity contribution in [2.45, 2.75) is 6.42 Å². The molecule has 0 aliphatic heterocycles. The van der Waals surface area contributed by atoms with Crippen molar-refractivity contribution in [3.63, 3.8) is 0 Å². The van der Waals surface area contributed by atoms with Crippen LogP contribution in [0.25, 0.3) is 118 Å². The van der Waals surface area contributed by atoms with Gasteiger partial charge in [-0.25, -0.2) is 15.0 Å². The van der Waals surface area contributed by atoms with Gasteiger partial charge in [0.05, 0.1) is 11.0 Å². The van der Waals surface area contributed by atoms with E-state index in [2.05, 4.69) is 229 Å². The lowest BCUT2D eigenvalue weighted by Gasteiger charge is -2.17. The van der Waals surface area contributed by atoms with E-state index >= 15 is 0 Å². The average Bonchev–Trinajstić information content (AvgIpc) is 3.50. The van der Waals surface area contributed by atoms with Crippen LogP contribution in [-0.2, 0) is 0 Å². The van der Waals surface area contributed by atoms with Crippen LogP contribution in [0.2, 0.25) is 0 Å². The second kappa shape index (κ2) is 15.8. The molecule has 11 aromatic rings. The third-order valence-corrected chi connectivity index (χ3v) is 12.5. The van der Waals surface area contributed by atoms with Crippen molar-refractivity contribution >= 4 is 44.7 Å². The van der Waals surface area contributed by atoms with E-state index in [4.69, 9.17) is 15.0 Å². The van der Waals surface area contributed by atoms with E-state index in [0.29, 0.717) is 17.5 Å². The molecule has 1 aliphatic carbocycles. The van der Waals surface area contributed by atoms with Crippen LogP contribution in [0.1, 0.15) is 17.5 Å². The second-order valence-corrected chi connectivity index (χ2v) is 16.3. The summed E-state index contributed by atoms with van der Waals surface area (Å²) >= 11 is 0. The molecular formula is C60H40N4. The first-order valence-electron chi connectivity index (χ1n) is 21.8. The molecule has 0 atom stereocenters. The number of aromatic nitrogens is 4. The standard InChI is InChI=1S/C60H40N4/c1-5-17-40(18-6-1)41-29-31-44(32-30-41)58-61-59(63-60(62-58)57-48-24-12-3-9-21-43(48)33-35-49(57)42-19-7-2-8-20-42)53-37-36-47(50-25-13-14-26-51(50)53)45-34-38-56-54(39-45)52-27-15-16-28-55(52)64(56)46-22-10-4-11-23-46/h1-2,4-39H,3H2. The van der Waals surface area contributed by atoms with Crippen LogP contribution in [0.5, 0.6) is 0 Å². The predicted octanol–water partition coefficient (Wildman–Crippen LogP) is 15.6. The SMILES string of the molecule is C1=Cc2ccc(-c3ccccc3)c(-c3nc(-c4ccc(-c5ccccc5)cc4)nc(-c4ccc(-c5ccc6c(c5)c5ccccc5n6-c5ccccc5)c5ccccc45)n3)c2C=CC1. The molecule has 300 valence electrons. The first kappa shape index (κ1) is 37.3. The first-order chi connectivity index (χ1) is 31.7. The summed E-state index contributed by atoms with van der Waals surface area (Å²) in [5.74, 6) is 1.88. The summed E-state index contributed by atoms with van der Waals surface area (Å²) in [6, 6.07) is 73.3. The Balaban J connectivity index is 1.06. The fraction of sp³-hybridized carbons (Fsp3) is 0.0167. The van der Waals surface area contributed by atoms with Gasteiger partial charge in [0.25, 0.3) is 0 Å². The summed E-state index contributed by atoms with van der Waals surface area (Å²) in [5, 5.41) is 4.65. The Morgan fingerprint density at radius 3 is 1.67 bits per heavy atom. The molecule has 64 heavy (non-hydrogen) atoms. The Morgan fingerprint density at radius 2 is 0.891 bits per heavy atom. The Labute approximate surface area is 371 Å². The van der Waals surface area contributed by atoms with Gasteiger partial charge in [-0.15, -0.1) is 0 Å². The number of allylic oxidation sites excluding steroid dienone is 2. The van der Waals surface area contributed by atoms with Gasteiger partial charge in [-0.1, -0.05) is 194 Å². The molecule has 0 saturated carbocycles. The molecule has 1 aliphatic rings. The number of para-hydroxylation sites is 2. The van der Waals surface area contributed by atoms with Crippen molar-refractivity contribution < 1.29 is 0 Å². The molecule has 4 heteroatoms. The molecule has 0 spiro atoms. The van der Waals surface area contributed by atoms with E-state index in [1.165, 1.54) is 21.8 Å². The number of rotatable bonds is 7. The minimum atomic E-state index is 0.623. The van der Waals surface area contributed by atoms with Gasteiger partial charge in [0.2, 0.25) is 0 Å². The van der Waals surface area contributed by atoms with Gasteiger partial charge in [0, 0.05) is 33.2 Å². The highest BCUT2D eigenvalue weighted by Gasteiger charge is 2.22. The lowest BCUT2D eigenvalue weighted by Crippen LogP contribution is -2.03. The zero-order valence-corrected chi connectivity index (χ0v) is 34.9. The summed E-state index contributed by atoms with van der Waals surface area (Å²) < 4.78 is 2.36. The van der Waals surface area contributed by atoms with Crippen LogP contribution in [0.4, 0.5) is 0 Å². The molecule has 2 aromatic heterocycles. The second-order valence-electron chi connectivity index (χ2n) is 16.3. The van der Waals surface area contributed by atoms with Gasteiger partial charge in [-0.05, 0) is 98.1 Å². The quantitative estimate of drug-likeness (QED) is 0.161. The number of hydrogen-bond donors (Lipinski definition) is 0. The Kier molecular flexibility index (Phi) is 9.19. The highest BCUT2D eigenvalue weighted by molar-refractivity contribution is 6.12. The molecule has 4 nitrogen and oxygen atoms in total. The van der Waals surface area contributed by atoms with Crippen LogP contribution in [0, 0.1) is 0 Å². The monoisotopic (exact) mass is 816 g/mol. The molecule has 2 heterocycles. The maximum absolute atomic E-state index is 5.47. The third-order valence-electron chi connectivity index (χ3n) is 12.5. The molecule has 0 N–H and O–H groups in total. The maximum atomic E-state index is 5.47.